The topological polar surface area (TPSA) is 0 Å². The van der Waals surface area contributed by atoms with Crippen LogP contribution in [-0.2, 0) is 0 Å². The van der Waals surface area contributed by atoms with Crippen molar-refractivity contribution in [3.63, 3.8) is 0 Å². The van der Waals surface area contributed by atoms with Crippen molar-refractivity contribution in [3.05, 3.63) is 234 Å². The van der Waals surface area contributed by atoms with Gasteiger partial charge in [0.1, 0.15) is 0 Å². The quantitative estimate of drug-likeness (QED) is 0.112. The standard InChI is InChI=1S/3C20H18S.Bi/c3*1-14-8-3-5-10-16(14)18-12-7-13-19(20(18)21)17-11-6-4-9-15(17)2;/h3*3-13,21H,1-2H3;/q;;;+3/p-3. The predicted octanol–water partition coefficient (Wildman–Crippen LogP) is 18.2. The van der Waals surface area contributed by atoms with Crippen LogP contribution in [0.25, 0.3) is 66.8 Å². The van der Waals surface area contributed by atoms with E-state index in [2.05, 4.69) is 267 Å². The Balaban J connectivity index is 1.34. The van der Waals surface area contributed by atoms with Crippen LogP contribution in [0.15, 0.2) is 215 Å². The Kier molecular flexibility index (Phi) is 13.8. The van der Waals surface area contributed by atoms with E-state index in [0.717, 1.165) is 0 Å². The molecule has 0 spiro atoms. The fourth-order valence-electron chi connectivity index (χ4n) is 8.71. The normalized spacial score (nSPS) is 11.3. The Labute approximate surface area is 396 Å². The summed E-state index contributed by atoms with van der Waals surface area (Å²) in [7, 11) is 6.60. The van der Waals surface area contributed by atoms with Crippen LogP contribution in [0.5, 0.6) is 0 Å². The van der Waals surface area contributed by atoms with Crippen molar-refractivity contribution in [2.45, 2.75) is 56.2 Å². The van der Waals surface area contributed by atoms with Crippen LogP contribution < -0.4 is 0 Å². The summed E-state index contributed by atoms with van der Waals surface area (Å²) in [6.07, 6.45) is 0. The molecule has 0 aromatic heterocycles. The van der Waals surface area contributed by atoms with E-state index in [1.54, 1.807) is 0 Å². The zero-order valence-corrected chi connectivity index (χ0v) is 43.2. The van der Waals surface area contributed by atoms with Crippen molar-refractivity contribution in [3.8, 4) is 66.8 Å². The van der Waals surface area contributed by atoms with Crippen LogP contribution in [0.1, 0.15) is 33.4 Å². The Morgan fingerprint density at radius 1 is 0.203 bits per heavy atom. The first-order valence-corrected chi connectivity index (χ1v) is 37.0. The van der Waals surface area contributed by atoms with Gasteiger partial charge >= 0.3 is 399 Å². The Bertz CT molecular complexity index is 2600. The maximum absolute atomic E-state index is 3.16. The summed E-state index contributed by atoms with van der Waals surface area (Å²) in [5.74, 6) is 0. The molecule has 0 nitrogen and oxygen atoms in total. The molecule has 0 atom stereocenters. The number of hydrogen-bond acceptors (Lipinski definition) is 3. The molecule has 314 valence electrons. The fraction of sp³-hybridized carbons (Fsp3) is 0.100. The van der Waals surface area contributed by atoms with Gasteiger partial charge in [0, 0.05) is 0 Å². The van der Waals surface area contributed by atoms with E-state index in [1.165, 1.54) is 115 Å². The second kappa shape index (κ2) is 20.0. The van der Waals surface area contributed by atoms with Crippen LogP contribution in [0.4, 0.5) is 0 Å². The van der Waals surface area contributed by atoms with E-state index < -0.39 is 17.4 Å². The van der Waals surface area contributed by atoms with E-state index in [9.17, 15) is 0 Å². The van der Waals surface area contributed by atoms with Gasteiger partial charge < -0.3 is 0 Å². The van der Waals surface area contributed by atoms with Gasteiger partial charge in [-0.3, -0.25) is 0 Å². The van der Waals surface area contributed by atoms with Crippen molar-refractivity contribution < 1.29 is 0 Å². The summed E-state index contributed by atoms with van der Waals surface area (Å²) in [6, 6.07) is 74.6. The number of aryl methyl sites for hydroxylation is 6. The Morgan fingerprint density at radius 3 is 0.531 bits per heavy atom. The average Bonchev–Trinajstić information content (AvgIpc) is 3.31. The third-order valence-corrected chi connectivity index (χ3v) is 37.8. The molecule has 9 aromatic carbocycles. The molecule has 0 fully saturated rings. The van der Waals surface area contributed by atoms with Gasteiger partial charge in [-0.25, -0.2) is 0 Å². The minimum absolute atomic E-state index is 1.29. The minimum atomic E-state index is -3.16. The van der Waals surface area contributed by atoms with Crippen LogP contribution in [0.3, 0.4) is 0 Å². The number of hydrogen-bond donors (Lipinski definition) is 0. The van der Waals surface area contributed by atoms with Gasteiger partial charge in [-0.1, -0.05) is 0 Å². The van der Waals surface area contributed by atoms with Gasteiger partial charge in [-0.2, -0.15) is 0 Å². The van der Waals surface area contributed by atoms with Gasteiger partial charge in [0.05, 0.1) is 0 Å². The Hall–Kier alpha value is -5.09. The summed E-state index contributed by atoms with van der Waals surface area (Å²) in [4.78, 5) is 4.13. The zero-order valence-electron chi connectivity index (χ0n) is 37.2. The van der Waals surface area contributed by atoms with Crippen molar-refractivity contribution >= 4 is 42.9 Å². The first kappa shape index (κ1) is 44.1. The molecule has 0 aliphatic heterocycles. The van der Waals surface area contributed by atoms with Gasteiger partial charge in [0.25, 0.3) is 0 Å². The molecular weight excluding hydrogens is 1030 g/mol. The predicted molar refractivity (Wildman–Crippen MR) is 284 cm³/mol. The summed E-state index contributed by atoms with van der Waals surface area (Å²) in [5.41, 5.74) is 23.3. The monoisotopic (exact) mass is 1080 g/mol. The average molecular weight is 1080 g/mol. The molecule has 0 saturated carbocycles. The molecule has 0 heterocycles. The van der Waals surface area contributed by atoms with Crippen LogP contribution >= 0.6 is 25.6 Å². The van der Waals surface area contributed by atoms with Gasteiger partial charge in [0.15, 0.2) is 0 Å². The van der Waals surface area contributed by atoms with Crippen LogP contribution in [0, 0.1) is 41.5 Å². The molecule has 0 N–H and O–H groups in total. The molecule has 4 heteroatoms. The zero-order chi connectivity index (χ0) is 44.2. The second-order valence-corrected chi connectivity index (χ2v) is 42.0. The molecule has 0 amide bonds. The van der Waals surface area contributed by atoms with Gasteiger partial charge in [-0.15, -0.1) is 0 Å². The summed E-state index contributed by atoms with van der Waals surface area (Å²) in [6.45, 7) is 13.5. The van der Waals surface area contributed by atoms with E-state index >= 15 is 0 Å². The first-order chi connectivity index (χ1) is 31.3. The molecule has 9 rings (SSSR count). The first-order valence-electron chi connectivity index (χ1n) is 21.9. The summed E-state index contributed by atoms with van der Waals surface area (Å²) < 4.78 is 0. The van der Waals surface area contributed by atoms with Crippen molar-refractivity contribution in [1.29, 1.82) is 0 Å². The fourth-order valence-corrected chi connectivity index (χ4v) is 39.0. The van der Waals surface area contributed by atoms with E-state index in [-0.39, 0.29) is 0 Å². The number of benzene rings is 9. The molecule has 0 radical (unpaired) electrons. The Morgan fingerprint density at radius 2 is 0.359 bits per heavy atom. The summed E-state index contributed by atoms with van der Waals surface area (Å²) >= 11 is -3.16. The molecule has 0 bridgehead atoms. The third-order valence-electron chi connectivity index (χ3n) is 12.2. The second-order valence-electron chi connectivity index (χ2n) is 16.4. The van der Waals surface area contributed by atoms with Crippen molar-refractivity contribution in [2.24, 2.45) is 0 Å². The van der Waals surface area contributed by atoms with Crippen LogP contribution in [-0.4, -0.2) is 17.4 Å². The van der Waals surface area contributed by atoms with E-state index in [0.29, 0.717) is 0 Å². The van der Waals surface area contributed by atoms with E-state index in [1.807, 2.05) is 0 Å². The summed E-state index contributed by atoms with van der Waals surface area (Å²) in [5, 5.41) is 0. The molecule has 0 unspecified atom stereocenters. The SMILES string of the molecule is Cc1ccccc1-c1cccc(-c2ccccc2C)c1[S][Bi]([S]c1c(-c2ccccc2C)cccc1-c1ccccc1C)[S]c1c(-c2ccccc2C)cccc1-c1ccccc1C. The molecule has 0 saturated heterocycles. The van der Waals surface area contributed by atoms with Crippen molar-refractivity contribution in [1.82, 2.24) is 0 Å². The molecule has 0 aliphatic rings. The molecular formula is C60H51BiS3. The van der Waals surface area contributed by atoms with E-state index in [4.69, 9.17) is 0 Å². The van der Waals surface area contributed by atoms with Crippen LogP contribution in [0.2, 0.25) is 0 Å². The molecule has 0 aliphatic carbocycles. The molecule has 9 aromatic rings. The molecule has 64 heavy (non-hydrogen) atoms. The third kappa shape index (κ3) is 9.22. The van der Waals surface area contributed by atoms with Gasteiger partial charge in [0.2, 0.25) is 0 Å². The number of rotatable bonds is 12. The van der Waals surface area contributed by atoms with Crippen molar-refractivity contribution in [2.75, 3.05) is 0 Å². The van der Waals surface area contributed by atoms with Gasteiger partial charge in [-0.05, 0) is 0 Å². The maximum atomic E-state index is 2.36.